The molecule has 1 atom stereocenters. The second kappa shape index (κ2) is 5.50. The van der Waals surface area contributed by atoms with Crippen LogP contribution >= 0.6 is 0 Å². The van der Waals surface area contributed by atoms with Crippen molar-refractivity contribution in [3.63, 3.8) is 0 Å². The average molecular weight is 293 g/mol. The molecule has 6 heteroatoms. The van der Waals surface area contributed by atoms with Crippen LogP contribution < -0.4 is 0 Å². The van der Waals surface area contributed by atoms with Crippen molar-refractivity contribution < 1.29 is 18.8 Å². The molecule has 0 unspecified atom stereocenters. The third-order valence-electron chi connectivity index (χ3n) is 4.54. The van der Waals surface area contributed by atoms with Crippen molar-refractivity contribution in [3.05, 3.63) is 24.7 Å². The zero-order chi connectivity index (χ0) is 15.8. The predicted molar refractivity (Wildman–Crippen MR) is 81.9 cm³/mol. The Kier molecular flexibility index (Phi) is 4.22. The molecule has 0 aliphatic carbocycles. The van der Waals surface area contributed by atoms with E-state index in [2.05, 4.69) is 13.2 Å². The molecule has 2 rings (SSSR count). The molecule has 21 heavy (non-hydrogen) atoms. The molecular formula is C15H24BNO4. The Balaban J connectivity index is 1.91. The van der Waals surface area contributed by atoms with Gasteiger partial charge in [-0.2, -0.15) is 0 Å². The van der Waals surface area contributed by atoms with Crippen molar-refractivity contribution in [1.29, 1.82) is 0 Å². The SMILES string of the molecule is C=C[C@@H]1COC(=O)N1CCC(=C)B1OC(C)(C)C(C)(C)O1. The van der Waals surface area contributed by atoms with Crippen molar-refractivity contribution in [3.8, 4) is 0 Å². The van der Waals surface area contributed by atoms with Gasteiger partial charge in [0.15, 0.2) is 0 Å². The maximum Gasteiger partial charge on any atom is 0.490 e. The molecule has 1 amide bonds. The van der Waals surface area contributed by atoms with Gasteiger partial charge in [0, 0.05) is 6.54 Å². The van der Waals surface area contributed by atoms with Gasteiger partial charge in [0.05, 0.1) is 17.2 Å². The van der Waals surface area contributed by atoms with E-state index in [0.29, 0.717) is 19.6 Å². The lowest BCUT2D eigenvalue weighted by molar-refractivity contribution is 0.00578. The van der Waals surface area contributed by atoms with Gasteiger partial charge in [-0.3, -0.25) is 4.90 Å². The van der Waals surface area contributed by atoms with E-state index in [-0.39, 0.29) is 23.3 Å². The lowest BCUT2D eigenvalue weighted by Crippen LogP contribution is -2.41. The molecule has 0 N–H and O–H groups in total. The zero-order valence-electron chi connectivity index (χ0n) is 13.3. The van der Waals surface area contributed by atoms with Gasteiger partial charge >= 0.3 is 13.2 Å². The Morgan fingerprint density at radius 3 is 2.48 bits per heavy atom. The van der Waals surface area contributed by atoms with E-state index in [1.54, 1.807) is 11.0 Å². The van der Waals surface area contributed by atoms with Crippen molar-refractivity contribution in [2.45, 2.75) is 51.4 Å². The Bertz CT molecular complexity index is 445. The average Bonchev–Trinajstić information content (AvgIpc) is 2.84. The molecule has 2 heterocycles. The van der Waals surface area contributed by atoms with Crippen LogP contribution in [0.1, 0.15) is 34.1 Å². The highest BCUT2D eigenvalue weighted by molar-refractivity contribution is 6.54. The van der Waals surface area contributed by atoms with Crippen LogP contribution in [0, 0.1) is 0 Å². The molecule has 116 valence electrons. The molecule has 0 aromatic carbocycles. The maximum atomic E-state index is 11.6. The van der Waals surface area contributed by atoms with E-state index in [0.717, 1.165) is 5.47 Å². The van der Waals surface area contributed by atoms with Gasteiger partial charge in [-0.25, -0.2) is 4.79 Å². The van der Waals surface area contributed by atoms with Gasteiger partial charge in [0.1, 0.15) is 6.61 Å². The number of rotatable bonds is 5. The second-order valence-corrected chi connectivity index (χ2v) is 6.57. The fraction of sp³-hybridized carbons (Fsp3) is 0.667. The normalized spacial score (nSPS) is 26.9. The molecule has 2 aliphatic heterocycles. The molecular weight excluding hydrogens is 269 g/mol. The van der Waals surface area contributed by atoms with Gasteiger partial charge in [0.2, 0.25) is 0 Å². The van der Waals surface area contributed by atoms with Gasteiger partial charge in [-0.05, 0) is 39.6 Å². The molecule has 0 radical (unpaired) electrons. The van der Waals surface area contributed by atoms with Gasteiger partial charge in [-0.1, -0.05) is 6.08 Å². The zero-order valence-corrected chi connectivity index (χ0v) is 13.3. The minimum atomic E-state index is -0.434. The number of carbonyl (C=O) groups excluding carboxylic acids is 1. The summed E-state index contributed by atoms with van der Waals surface area (Å²) in [5, 5.41) is 0. The smallest absolute Gasteiger partial charge is 0.447 e. The first kappa shape index (κ1) is 16.1. The van der Waals surface area contributed by atoms with Crippen molar-refractivity contribution >= 4 is 13.2 Å². The summed E-state index contributed by atoms with van der Waals surface area (Å²) in [5.74, 6) is 0. The number of cyclic esters (lactones) is 1. The highest BCUT2D eigenvalue weighted by atomic mass is 16.7. The van der Waals surface area contributed by atoms with Gasteiger partial charge in [0.25, 0.3) is 0 Å². The Labute approximate surface area is 127 Å². The van der Waals surface area contributed by atoms with Crippen LogP contribution in [-0.4, -0.2) is 48.5 Å². The fourth-order valence-corrected chi connectivity index (χ4v) is 2.31. The maximum absolute atomic E-state index is 11.6. The van der Waals surface area contributed by atoms with Crippen LogP contribution in [0.2, 0.25) is 0 Å². The van der Waals surface area contributed by atoms with Crippen molar-refractivity contribution in [2.75, 3.05) is 13.2 Å². The summed E-state index contributed by atoms with van der Waals surface area (Å²) in [6.45, 7) is 16.7. The number of hydrogen-bond acceptors (Lipinski definition) is 4. The highest BCUT2D eigenvalue weighted by Gasteiger charge is 2.51. The first-order valence-corrected chi connectivity index (χ1v) is 7.27. The minimum Gasteiger partial charge on any atom is -0.447 e. The minimum absolute atomic E-state index is 0.0661. The van der Waals surface area contributed by atoms with E-state index in [9.17, 15) is 4.79 Å². The number of hydrogen-bond donors (Lipinski definition) is 0. The van der Waals surface area contributed by atoms with Crippen LogP contribution in [0.25, 0.3) is 0 Å². The summed E-state index contributed by atoms with van der Waals surface area (Å²) in [7, 11) is -0.434. The molecule has 5 nitrogen and oxygen atoms in total. The molecule has 0 spiro atoms. The standard InChI is InChI=1S/C15H24BNO4/c1-7-12-10-19-13(18)17(12)9-8-11(2)16-20-14(3,4)15(5,6)21-16/h7,12H,1-2,8-10H2,3-6H3/t12-/m1/s1. The lowest BCUT2D eigenvalue weighted by atomic mass is 9.77. The van der Waals surface area contributed by atoms with Gasteiger partial charge in [-0.15, -0.1) is 13.2 Å². The fourth-order valence-electron chi connectivity index (χ4n) is 2.31. The van der Waals surface area contributed by atoms with Crippen LogP contribution in [0.5, 0.6) is 0 Å². The molecule has 2 saturated heterocycles. The monoisotopic (exact) mass is 293 g/mol. The number of ether oxygens (including phenoxy) is 1. The Hall–Kier alpha value is -1.27. The summed E-state index contributed by atoms with van der Waals surface area (Å²) in [5.41, 5.74) is 0.0735. The van der Waals surface area contributed by atoms with E-state index in [1.165, 1.54) is 0 Å². The van der Waals surface area contributed by atoms with Crippen LogP contribution in [0.15, 0.2) is 24.7 Å². The third kappa shape index (κ3) is 3.01. The van der Waals surface area contributed by atoms with E-state index in [1.807, 2.05) is 27.7 Å². The quantitative estimate of drug-likeness (QED) is 0.577. The molecule has 0 bridgehead atoms. The van der Waals surface area contributed by atoms with Crippen molar-refractivity contribution in [1.82, 2.24) is 4.90 Å². The molecule has 2 aliphatic rings. The van der Waals surface area contributed by atoms with E-state index in [4.69, 9.17) is 14.0 Å². The molecule has 2 fully saturated rings. The first-order chi connectivity index (χ1) is 9.68. The van der Waals surface area contributed by atoms with Gasteiger partial charge < -0.3 is 14.0 Å². The Morgan fingerprint density at radius 2 is 1.95 bits per heavy atom. The summed E-state index contributed by atoms with van der Waals surface area (Å²) in [4.78, 5) is 13.3. The largest absolute Gasteiger partial charge is 0.490 e. The predicted octanol–water partition coefficient (Wildman–Crippen LogP) is 2.57. The molecule has 0 saturated carbocycles. The number of nitrogens with zero attached hydrogens (tertiary/aromatic N) is 1. The van der Waals surface area contributed by atoms with Crippen LogP contribution in [0.4, 0.5) is 4.79 Å². The lowest BCUT2D eigenvalue weighted by Gasteiger charge is -2.32. The topological polar surface area (TPSA) is 48.0 Å². The molecule has 0 aromatic heterocycles. The van der Waals surface area contributed by atoms with Crippen molar-refractivity contribution in [2.24, 2.45) is 0 Å². The highest BCUT2D eigenvalue weighted by Crippen LogP contribution is 2.38. The summed E-state index contributed by atoms with van der Waals surface area (Å²) in [6.07, 6.45) is 2.03. The van der Waals surface area contributed by atoms with Crippen LogP contribution in [-0.2, 0) is 14.0 Å². The number of amides is 1. The summed E-state index contributed by atoms with van der Waals surface area (Å²) >= 11 is 0. The van der Waals surface area contributed by atoms with E-state index < -0.39 is 7.12 Å². The summed E-state index contributed by atoms with van der Waals surface area (Å²) < 4.78 is 16.9. The first-order valence-electron chi connectivity index (χ1n) is 7.27. The Morgan fingerprint density at radius 1 is 1.38 bits per heavy atom. The summed E-state index contributed by atoms with van der Waals surface area (Å²) in [6, 6.07) is -0.0661. The van der Waals surface area contributed by atoms with E-state index >= 15 is 0 Å². The third-order valence-corrected chi connectivity index (χ3v) is 4.54. The van der Waals surface area contributed by atoms with Crippen LogP contribution in [0.3, 0.4) is 0 Å². The molecule has 0 aromatic rings. The number of carbonyl (C=O) groups is 1. The second-order valence-electron chi connectivity index (χ2n) is 6.57.